The standard InChI is InChI=1S/C42H45Cl2N3O8/c1-51-35-13-12-29(18-38(35)52-2)37(20-32-33(43)22-47(50)23-34(32)44)54-41(48)30-10-11-31(36(19-30)53-25-26-8-9-26)21-45-40(28-6-4-3-5-7-28)42(49)55-39-24-46-16-14-27(39)15-17-46/h3-7,10-13,18-19,22-23,26-27,37,39-40,45H,8-9,14-17,20-21,24-25H2,1-2H3/t37-,39-,40?/m0/s1. The van der Waals surface area contributed by atoms with Crippen molar-refractivity contribution in [2.75, 3.05) is 40.5 Å². The molecule has 4 aromatic rings. The largest absolute Gasteiger partial charge is 0.619 e. The molecule has 13 heteroatoms. The number of benzene rings is 3. The second-order valence-corrected chi connectivity index (χ2v) is 15.2. The van der Waals surface area contributed by atoms with E-state index in [1.165, 1.54) is 26.6 Å². The van der Waals surface area contributed by atoms with Crippen molar-refractivity contribution in [2.45, 2.75) is 56.9 Å². The molecular weight excluding hydrogens is 745 g/mol. The molecule has 55 heavy (non-hydrogen) atoms. The van der Waals surface area contributed by atoms with Crippen LogP contribution in [0.15, 0.2) is 79.1 Å². The molecule has 11 nitrogen and oxygen atoms in total. The van der Waals surface area contributed by atoms with E-state index in [1.807, 2.05) is 36.4 Å². The zero-order valence-electron chi connectivity index (χ0n) is 30.9. The van der Waals surface area contributed by atoms with Crippen LogP contribution in [0.3, 0.4) is 0 Å². The fraction of sp³-hybridized carbons (Fsp3) is 0.405. The van der Waals surface area contributed by atoms with Crippen LogP contribution >= 0.6 is 23.2 Å². The molecule has 3 saturated heterocycles. The number of methoxy groups -OCH3 is 2. The molecule has 1 N–H and O–H groups in total. The average molecular weight is 791 g/mol. The molecule has 3 aromatic carbocycles. The number of fused-ring (bicyclic) bond motifs is 3. The van der Waals surface area contributed by atoms with E-state index in [0.717, 1.165) is 56.4 Å². The molecule has 0 amide bonds. The molecule has 3 atom stereocenters. The quantitative estimate of drug-likeness (QED) is 0.0719. The molecule has 290 valence electrons. The van der Waals surface area contributed by atoms with Crippen LogP contribution in [0.25, 0.3) is 0 Å². The number of hydrogen-bond donors (Lipinski definition) is 1. The molecule has 1 unspecified atom stereocenters. The van der Waals surface area contributed by atoms with Crippen LogP contribution in [0.1, 0.15) is 70.4 Å². The number of aromatic nitrogens is 1. The third-order valence-corrected chi connectivity index (χ3v) is 11.3. The Morgan fingerprint density at radius 3 is 2.27 bits per heavy atom. The van der Waals surface area contributed by atoms with Gasteiger partial charge in [0.25, 0.3) is 0 Å². The summed E-state index contributed by atoms with van der Waals surface area (Å²) in [6.07, 6.45) is 5.73. The van der Waals surface area contributed by atoms with Crippen molar-refractivity contribution in [3.8, 4) is 17.2 Å². The number of nitrogens with zero attached hydrogens (tertiary/aromatic N) is 2. The summed E-state index contributed by atoms with van der Waals surface area (Å²) in [5.74, 6) is 1.38. The van der Waals surface area contributed by atoms with Gasteiger partial charge in [-0.3, -0.25) is 10.2 Å². The molecule has 3 aliphatic heterocycles. The maximum Gasteiger partial charge on any atom is 0.338 e. The van der Waals surface area contributed by atoms with Crippen LogP contribution < -0.4 is 24.3 Å². The van der Waals surface area contributed by atoms with Crippen LogP contribution in [0.2, 0.25) is 10.0 Å². The number of hydrogen-bond acceptors (Lipinski definition) is 10. The number of carbonyl (C=O) groups is 2. The molecule has 4 aliphatic rings. The highest BCUT2D eigenvalue weighted by atomic mass is 35.5. The predicted molar refractivity (Wildman–Crippen MR) is 207 cm³/mol. The highest BCUT2D eigenvalue weighted by molar-refractivity contribution is 6.35. The number of halogens is 2. The number of carbonyl (C=O) groups excluding carboxylic acids is 2. The Morgan fingerprint density at radius 2 is 1.62 bits per heavy atom. The van der Waals surface area contributed by atoms with Crippen LogP contribution in [-0.4, -0.2) is 63.4 Å². The lowest BCUT2D eigenvalue weighted by atomic mass is 9.86. The first kappa shape index (κ1) is 38.7. The van der Waals surface area contributed by atoms with Gasteiger partial charge in [-0.05, 0) is 86.0 Å². The first-order valence-corrected chi connectivity index (χ1v) is 19.4. The van der Waals surface area contributed by atoms with Gasteiger partial charge in [0.1, 0.15) is 34.0 Å². The smallest absolute Gasteiger partial charge is 0.338 e. The minimum atomic E-state index is -0.879. The highest BCUT2D eigenvalue weighted by Gasteiger charge is 2.38. The Hall–Kier alpha value is -4.55. The van der Waals surface area contributed by atoms with Crippen LogP contribution in [-0.2, 0) is 27.2 Å². The van der Waals surface area contributed by atoms with Gasteiger partial charge < -0.3 is 28.9 Å². The number of rotatable bonds is 16. The Kier molecular flexibility index (Phi) is 12.3. The van der Waals surface area contributed by atoms with Gasteiger partial charge in [0.2, 0.25) is 0 Å². The summed E-state index contributed by atoms with van der Waals surface area (Å²) >= 11 is 12.9. The average Bonchev–Trinajstić information content (AvgIpc) is 4.03. The number of ether oxygens (including phenoxy) is 5. The fourth-order valence-electron chi connectivity index (χ4n) is 7.30. The van der Waals surface area contributed by atoms with Crippen molar-refractivity contribution in [3.05, 3.63) is 122 Å². The van der Waals surface area contributed by atoms with Crippen LogP contribution in [0.5, 0.6) is 17.2 Å². The van der Waals surface area contributed by atoms with E-state index in [1.54, 1.807) is 30.3 Å². The second kappa shape index (κ2) is 17.5. The maximum atomic E-state index is 14.0. The van der Waals surface area contributed by atoms with Gasteiger partial charge in [0.05, 0.1) is 26.4 Å². The van der Waals surface area contributed by atoms with Gasteiger partial charge in [-0.1, -0.05) is 65.7 Å². The van der Waals surface area contributed by atoms with Crippen molar-refractivity contribution in [1.29, 1.82) is 0 Å². The molecule has 4 fully saturated rings. The topological polar surface area (TPSA) is 122 Å². The molecule has 0 spiro atoms. The second-order valence-electron chi connectivity index (χ2n) is 14.4. The van der Waals surface area contributed by atoms with Gasteiger partial charge >= 0.3 is 11.9 Å². The first-order chi connectivity index (χ1) is 26.7. The summed E-state index contributed by atoms with van der Waals surface area (Å²) in [4.78, 5) is 30.2. The van der Waals surface area contributed by atoms with Crippen LogP contribution in [0.4, 0.5) is 0 Å². The predicted octanol–water partition coefficient (Wildman–Crippen LogP) is 7.04. The molecular formula is C42H45Cl2N3O8. The molecule has 2 bridgehead atoms. The van der Waals surface area contributed by atoms with Gasteiger partial charge in [0, 0.05) is 30.6 Å². The van der Waals surface area contributed by atoms with E-state index < -0.39 is 18.1 Å². The lowest BCUT2D eigenvalue weighted by Crippen LogP contribution is -2.52. The Bertz CT molecular complexity index is 1960. The summed E-state index contributed by atoms with van der Waals surface area (Å²) in [6, 6.07) is 19.3. The number of piperidine rings is 3. The Morgan fingerprint density at radius 1 is 0.891 bits per heavy atom. The molecule has 1 aromatic heterocycles. The summed E-state index contributed by atoms with van der Waals surface area (Å²) < 4.78 is 30.1. The van der Waals surface area contributed by atoms with Gasteiger partial charge in [0.15, 0.2) is 23.9 Å². The van der Waals surface area contributed by atoms with E-state index in [4.69, 9.17) is 46.9 Å². The summed E-state index contributed by atoms with van der Waals surface area (Å²) in [7, 11) is 3.05. The third kappa shape index (κ3) is 9.47. The molecule has 4 heterocycles. The van der Waals surface area contributed by atoms with Crippen molar-refractivity contribution in [1.82, 2.24) is 10.2 Å². The van der Waals surface area contributed by atoms with E-state index in [9.17, 15) is 14.8 Å². The lowest BCUT2D eigenvalue weighted by molar-refractivity contribution is -0.605. The number of pyridine rings is 1. The summed E-state index contributed by atoms with van der Waals surface area (Å²) in [5, 5.41) is 15.7. The Labute approximate surface area is 331 Å². The van der Waals surface area contributed by atoms with Gasteiger partial charge in [-0.2, -0.15) is 4.73 Å². The zero-order valence-corrected chi connectivity index (χ0v) is 32.4. The van der Waals surface area contributed by atoms with Crippen molar-refractivity contribution in [3.63, 3.8) is 0 Å². The monoisotopic (exact) mass is 789 g/mol. The van der Waals surface area contributed by atoms with E-state index >= 15 is 0 Å². The van der Waals surface area contributed by atoms with Gasteiger partial charge in [-0.25, -0.2) is 9.59 Å². The summed E-state index contributed by atoms with van der Waals surface area (Å²) in [6.45, 7) is 3.67. The maximum absolute atomic E-state index is 14.0. The minimum Gasteiger partial charge on any atom is -0.619 e. The fourth-order valence-corrected chi connectivity index (χ4v) is 7.90. The zero-order chi connectivity index (χ0) is 38.5. The first-order valence-electron chi connectivity index (χ1n) is 18.7. The summed E-state index contributed by atoms with van der Waals surface area (Å²) in [5.41, 5.74) is 2.89. The molecule has 8 rings (SSSR count). The van der Waals surface area contributed by atoms with Crippen molar-refractivity contribution in [2.24, 2.45) is 11.8 Å². The Balaban J connectivity index is 1.13. The SMILES string of the molecule is COc1ccc([C@H](Cc2c(Cl)c[n+]([O-])cc2Cl)OC(=O)c2ccc(CNC(C(=O)O[C@H]3CN4CCC3CC4)c3ccccc3)c(OCC3CC3)c2)cc1OC. The lowest BCUT2D eigenvalue weighted by Gasteiger charge is -2.44. The van der Waals surface area contributed by atoms with E-state index in [0.29, 0.717) is 51.5 Å². The molecule has 1 saturated carbocycles. The molecule has 1 aliphatic carbocycles. The van der Waals surface area contributed by atoms with E-state index in [-0.39, 0.29) is 40.6 Å². The minimum absolute atomic E-state index is 0.0728. The molecule has 0 radical (unpaired) electrons. The van der Waals surface area contributed by atoms with Crippen molar-refractivity contribution >= 4 is 35.1 Å². The highest BCUT2D eigenvalue weighted by Crippen LogP contribution is 2.37. The normalized spacial score (nSPS) is 20.0. The number of esters is 2. The van der Waals surface area contributed by atoms with Crippen molar-refractivity contribution < 1.29 is 38.0 Å². The number of nitrogens with one attached hydrogen (secondary N) is 1. The van der Waals surface area contributed by atoms with Gasteiger partial charge in [-0.15, -0.1) is 0 Å². The third-order valence-electron chi connectivity index (χ3n) is 10.7. The van der Waals surface area contributed by atoms with Crippen LogP contribution in [0, 0.1) is 17.0 Å². The van der Waals surface area contributed by atoms with E-state index in [2.05, 4.69) is 10.2 Å².